The SMILES string of the molecule is CC(C(=O)O)S(=O)CCC(C)(C)C#N. The lowest BCUT2D eigenvalue weighted by molar-refractivity contribution is -0.136. The van der Waals surface area contributed by atoms with Crippen LogP contribution in [0.25, 0.3) is 0 Å². The summed E-state index contributed by atoms with van der Waals surface area (Å²) < 4.78 is 11.4. The van der Waals surface area contributed by atoms with Crippen molar-refractivity contribution in [2.75, 3.05) is 5.75 Å². The Morgan fingerprint density at radius 2 is 2.14 bits per heavy atom. The standard InChI is InChI=1S/C9H15NO3S/c1-7(8(11)12)14(13)5-4-9(2,3)6-10/h7H,4-5H2,1-3H3,(H,11,12). The van der Waals surface area contributed by atoms with Crippen molar-refractivity contribution in [3.8, 4) is 6.07 Å². The minimum absolute atomic E-state index is 0.258. The summed E-state index contributed by atoms with van der Waals surface area (Å²) in [6.45, 7) is 4.91. The minimum atomic E-state index is -1.39. The van der Waals surface area contributed by atoms with E-state index >= 15 is 0 Å². The highest BCUT2D eigenvalue weighted by Gasteiger charge is 2.23. The molecule has 0 bridgehead atoms. The predicted octanol–water partition coefficient (Wildman–Crippen LogP) is 1.15. The molecule has 0 rings (SSSR count). The van der Waals surface area contributed by atoms with Crippen LogP contribution in [0, 0.1) is 16.7 Å². The molecule has 0 spiro atoms. The van der Waals surface area contributed by atoms with Gasteiger partial charge in [0, 0.05) is 16.6 Å². The summed E-state index contributed by atoms with van der Waals surface area (Å²) in [6, 6.07) is 2.08. The Balaban J connectivity index is 4.12. The number of carboxylic acid groups (broad SMARTS) is 1. The van der Waals surface area contributed by atoms with Gasteiger partial charge in [0.1, 0.15) is 5.25 Å². The average Bonchev–Trinajstić information content (AvgIpc) is 2.13. The first kappa shape index (κ1) is 13.1. The van der Waals surface area contributed by atoms with Crippen LogP contribution in [0.4, 0.5) is 0 Å². The van der Waals surface area contributed by atoms with E-state index in [1.54, 1.807) is 13.8 Å². The molecule has 5 heteroatoms. The van der Waals surface area contributed by atoms with Crippen molar-refractivity contribution in [1.29, 1.82) is 5.26 Å². The second-order valence-corrected chi connectivity index (χ2v) is 5.69. The summed E-state index contributed by atoms with van der Waals surface area (Å²) in [6.07, 6.45) is 0.452. The fraction of sp³-hybridized carbons (Fsp3) is 0.778. The molecule has 4 nitrogen and oxygen atoms in total. The van der Waals surface area contributed by atoms with Crippen molar-refractivity contribution in [3.05, 3.63) is 0 Å². The fourth-order valence-corrected chi connectivity index (χ4v) is 1.99. The van der Waals surface area contributed by atoms with Crippen molar-refractivity contribution in [1.82, 2.24) is 0 Å². The third-order valence-electron chi connectivity index (χ3n) is 1.97. The molecule has 1 N–H and O–H groups in total. The smallest absolute Gasteiger partial charge is 0.318 e. The van der Waals surface area contributed by atoms with Crippen molar-refractivity contribution < 1.29 is 14.1 Å². The predicted molar refractivity (Wildman–Crippen MR) is 54.1 cm³/mol. The fourth-order valence-electron chi connectivity index (χ4n) is 0.701. The molecule has 80 valence electrons. The molecule has 0 aromatic heterocycles. The molecule has 0 aliphatic carbocycles. The molecule has 2 unspecified atom stereocenters. The van der Waals surface area contributed by atoms with E-state index in [-0.39, 0.29) is 5.75 Å². The summed E-state index contributed by atoms with van der Waals surface area (Å²) in [5.41, 5.74) is -0.534. The number of carbonyl (C=O) groups is 1. The molecule has 14 heavy (non-hydrogen) atoms. The maximum absolute atomic E-state index is 11.4. The number of hydrogen-bond donors (Lipinski definition) is 1. The Morgan fingerprint density at radius 1 is 1.64 bits per heavy atom. The number of nitrogens with zero attached hydrogens (tertiary/aromatic N) is 1. The van der Waals surface area contributed by atoms with Gasteiger partial charge in [-0.05, 0) is 27.2 Å². The van der Waals surface area contributed by atoms with Crippen LogP contribution < -0.4 is 0 Å². The molecular weight excluding hydrogens is 202 g/mol. The van der Waals surface area contributed by atoms with Gasteiger partial charge < -0.3 is 5.11 Å². The quantitative estimate of drug-likeness (QED) is 0.749. The van der Waals surface area contributed by atoms with Crippen LogP contribution in [0.2, 0.25) is 0 Å². The molecule has 0 aromatic rings. The molecule has 0 heterocycles. The summed E-state index contributed by atoms with van der Waals surface area (Å²) in [7, 11) is -1.39. The summed E-state index contributed by atoms with van der Waals surface area (Å²) in [5.74, 6) is -0.799. The highest BCUT2D eigenvalue weighted by Crippen LogP contribution is 2.19. The van der Waals surface area contributed by atoms with Crippen molar-refractivity contribution >= 4 is 16.8 Å². The monoisotopic (exact) mass is 217 g/mol. The molecule has 0 aliphatic heterocycles. The van der Waals surface area contributed by atoms with Gasteiger partial charge in [0.05, 0.1) is 11.5 Å². The van der Waals surface area contributed by atoms with Crippen molar-refractivity contribution in [3.63, 3.8) is 0 Å². The second-order valence-electron chi connectivity index (χ2n) is 3.81. The Kier molecular flexibility index (Phi) is 4.78. The van der Waals surface area contributed by atoms with Crippen LogP contribution in [0.1, 0.15) is 27.2 Å². The van der Waals surface area contributed by atoms with Crippen molar-refractivity contribution in [2.24, 2.45) is 5.41 Å². The van der Waals surface area contributed by atoms with Crippen LogP contribution in [0.3, 0.4) is 0 Å². The molecular formula is C9H15NO3S. The Bertz CT molecular complexity index is 280. The lowest BCUT2D eigenvalue weighted by Gasteiger charge is -2.15. The van der Waals surface area contributed by atoms with Gasteiger partial charge in [0.15, 0.2) is 0 Å². The van der Waals surface area contributed by atoms with E-state index in [1.165, 1.54) is 6.92 Å². The molecule has 0 amide bonds. The second kappa shape index (κ2) is 5.11. The topological polar surface area (TPSA) is 78.2 Å². The van der Waals surface area contributed by atoms with Gasteiger partial charge in [-0.25, -0.2) is 0 Å². The molecule has 0 aliphatic rings. The van der Waals surface area contributed by atoms with Crippen LogP contribution in [-0.4, -0.2) is 26.3 Å². The highest BCUT2D eigenvalue weighted by molar-refractivity contribution is 7.86. The van der Waals surface area contributed by atoms with E-state index in [0.29, 0.717) is 6.42 Å². The summed E-state index contributed by atoms with van der Waals surface area (Å²) >= 11 is 0. The molecule has 0 aromatic carbocycles. The Hall–Kier alpha value is -0.890. The zero-order chi connectivity index (χ0) is 11.4. The van der Waals surface area contributed by atoms with Gasteiger partial charge in [0.25, 0.3) is 0 Å². The molecule has 0 fully saturated rings. The Morgan fingerprint density at radius 3 is 2.50 bits per heavy atom. The van der Waals surface area contributed by atoms with E-state index in [0.717, 1.165) is 0 Å². The van der Waals surface area contributed by atoms with Crippen LogP contribution in [0.15, 0.2) is 0 Å². The number of hydrogen-bond acceptors (Lipinski definition) is 3. The third-order valence-corrected chi connectivity index (χ3v) is 3.57. The highest BCUT2D eigenvalue weighted by atomic mass is 32.2. The first-order valence-corrected chi connectivity index (χ1v) is 5.69. The van der Waals surface area contributed by atoms with Crippen LogP contribution in [-0.2, 0) is 15.6 Å². The minimum Gasteiger partial charge on any atom is -0.480 e. The molecule has 0 saturated heterocycles. The van der Waals surface area contributed by atoms with E-state index in [4.69, 9.17) is 10.4 Å². The summed E-state index contributed by atoms with van der Waals surface area (Å²) in [5, 5.41) is 16.4. The van der Waals surface area contributed by atoms with Gasteiger partial charge in [-0.1, -0.05) is 0 Å². The first-order chi connectivity index (χ1) is 6.30. The zero-order valence-electron chi connectivity index (χ0n) is 8.61. The Labute approximate surface area is 86.4 Å². The number of nitriles is 1. The summed E-state index contributed by atoms with van der Waals surface area (Å²) in [4.78, 5) is 10.5. The van der Waals surface area contributed by atoms with Crippen LogP contribution in [0.5, 0.6) is 0 Å². The number of carboxylic acids is 1. The molecule has 0 saturated carbocycles. The van der Waals surface area contributed by atoms with Gasteiger partial charge in [0.2, 0.25) is 0 Å². The van der Waals surface area contributed by atoms with Gasteiger partial charge >= 0.3 is 5.97 Å². The zero-order valence-corrected chi connectivity index (χ0v) is 9.43. The molecule has 0 radical (unpaired) electrons. The molecule has 2 atom stereocenters. The lowest BCUT2D eigenvalue weighted by Crippen LogP contribution is -2.25. The maximum Gasteiger partial charge on any atom is 0.318 e. The first-order valence-electron chi connectivity index (χ1n) is 4.31. The lowest BCUT2D eigenvalue weighted by atomic mass is 9.93. The third kappa shape index (κ3) is 4.38. The van der Waals surface area contributed by atoms with E-state index in [2.05, 4.69) is 6.07 Å². The van der Waals surface area contributed by atoms with Gasteiger partial charge in [-0.15, -0.1) is 0 Å². The normalized spacial score (nSPS) is 15.6. The van der Waals surface area contributed by atoms with E-state index in [1.807, 2.05) is 0 Å². The van der Waals surface area contributed by atoms with Crippen molar-refractivity contribution in [2.45, 2.75) is 32.4 Å². The largest absolute Gasteiger partial charge is 0.480 e. The van der Waals surface area contributed by atoms with Gasteiger partial charge in [-0.3, -0.25) is 9.00 Å². The van der Waals surface area contributed by atoms with E-state index in [9.17, 15) is 9.00 Å². The maximum atomic E-state index is 11.4. The van der Waals surface area contributed by atoms with E-state index < -0.39 is 27.4 Å². The average molecular weight is 217 g/mol. The van der Waals surface area contributed by atoms with Crippen LogP contribution >= 0.6 is 0 Å². The number of rotatable bonds is 5. The van der Waals surface area contributed by atoms with Gasteiger partial charge in [-0.2, -0.15) is 5.26 Å². The number of aliphatic carboxylic acids is 1.